The summed E-state index contributed by atoms with van der Waals surface area (Å²) in [5, 5.41) is 14.9. The van der Waals surface area contributed by atoms with Gasteiger partial charge in [-0.2, -0.15) is 0 Å². The highest BCUT2D eigenvalue weighted by atomic mass is 35.5. The monoisotopic (exact) mass is 352 g/mol. The van der Waals surface area contributed by atoms with E-state index in [0.29, 0.717) is 30.5 Å². The zero-order valence-corrected chi connectivity index (χ0v) is 14.6. The molecule has 1 heterocycles. The molecule has 24 heavy (non-hydrogen) atoms. The Hall–Kier alpha value is -2.15. The van der Waals surface area contributed by atoms with Crippen LogP contribution in [-0.2, 0) is 19.4 Å². The Morgan fingerprint density at radius 2 is 2.12 bits per heavy atom. The van der Waals surface area contributed by atoms with Crippen molar-refractivity contribution in [1.82, 2.24) is 25.4 Å². The number of guanidine groups is 1. The molecule has 0 unspecified atom stereocenters. The Bertz CT molecular complexity index is 685. The lowest BCUT2D eigenvalue weighted by molar-refractivity contribution is 0.626. The Balaban J connectivity index is 1.74. The Morgan fingerprint density at radius 1 is 1.33 bits per heavy atom. The van der Waals surface area contributed by atoms with Crippen LogP contribution in [0.1, 0.15) is 18.3 Å². The van der Waals surface area contributed by atoms with Gasteiger partial charge in [-0.1, -0.05) is 24.6 Å². The van der Waals surface area contributed by atoms with Crippen molar-refractivity contribution in [2.75, 3.05) is 20.1 Å². The van der Waals surface area contributed by atoms with Gasteiger partial charge in [0.25, 0.3) is 0 Å². The van der Waals surface area contributed by atoms with Crippen LogP contribution in [0.25, 0.3) is 0 Å². The molecule has 1 aromatic carbocycles. The highest BCUT2D eigenvalue weighted by Crippen LogP contribution is 2.17. The van der Waals surface area contributed by atoms with E-state index in [4.69, 9.17) is 11.6 Å². The standard InChI is InChI=1S/C16H22ClFN6/c1-3-15-23-22-11-24(15)9-8-21-16(19-2)20-7-6-12-4-5-13(18)10-14(12)17/h4-5,10-11H,3,6-9H2,1-2H3,(H2,19,20,21). The number of aliphatic imine (C=N–C) groups is 1. The predicted octanol–water partition coefficient (Wildman–Crippen LogP) is 2.04. The molecule has 130 valence electrons. The molecule has 0 saturated carbocycles. The van der Waals surface area contributed by atoms with Gasteiger partial charge < -0.3 is 15.2 Å². The zero-order valence-electron chi connectivity index (χ0n) is 13.9. The van der Waals surface area contributed by atoms with Crippen LogP contribution in [0.5, 0.6) is 0 Å². The van der Waals surface area contributed by atoms with Crippen LogP contribution in [0.4, 0.5) is 4.39 Å². The largest absolute Gasteiger partial charge is 0.356 e. The van der Waals surface area contributed by atoms with Crippen LogP contribution in [0, 0.1) is 5.82 Å². The van der Waals surface area contributed by atoms with Gasteiger partial charge in [-0.3, -0.25) is 4.99 Å². The van der Waals surface area contributed by atoms with Crippen molar-refractivity contribution < 1.29 is 4.39 Å². The first-order chi connectivity index (χ1) is 11.6. The third-order valence-electron chi connectivity index (χ3n) is 3.58. The van der Waals surface area contributed by atoms with E-state index in [1.165, 1.54) is 12.1 Å². The van der Waals surface area contributed by atoms with E-state index in [2.05, 4.69) is 32.7 Å². The first kappa shape index (κ1) is 18.2. The van der Waals surface area contributed by atoms with Crippen molar-refractivity contribution in [2.24, 2.45) is 4.99 Å². The van der Waals surface area contributed by atoms with Crippen molar-refractivity contribution in [2.45, 2.75) is 26.3 Å². The van der Waals surface area contributed by atoms with Crippen molar-refractivity contribution in [1.29, 1.82) is 0 Å². The first-order valence-electron chi connectivity index (χ1n) is 7.89. The summed E-state index contributed by atoms with van der Waals surface area (Å²) in [5.74, 6) is 1.35. The normalized spacial score (nSPS) is 11.6. The SMILES string of the molecule is CCc1nncn1CCNC(=NC)NCCc1ccc(F)cc1Cl. The van der Waals surface area contributed by atoms with Gasteiger partial charge in [-0.05, 0) is 24.1 Å². The molecule has 0 bridgehead atoms. The molecule has 0 amide bonds. The molecular formula is C16H22ClFN6. The molecule has 0 saturated heterocycles. The molecule has 0 fully saturated rings. The van der Waals surface area contributed by atoms with Gasteiger partial charge >= 0.3 is 0 Å². The van der Waals surface area contributed by atoms with E-state index >= 15 is 0 Å². The third-order valence-corrected chi connectivity index (χ3v) is 3.93. The molecule has 2 rings (SSSR count). The van der Waals surface area contributed by atoms with Crippen LogP contribution in [0.3, 0.4) is 0 Å². The number of aromatic nitrogens is 3. The van der Waals surface area contributed by atoms with Gasteiger partial charge in [0.15, 0.2) is 5.96 Å². The van der Waals surface area contributed by atoms with Crippen LogP contribution in [-0.4, -0.2) is 40.9 Å². The lowest BCUT2D eigenvalue weighted by Gasteiger charge is -2.13. The van der Waals surface area contributed by atoms with Gasteiger partial charge in [0.1, 0.15) is 18.0 Å². The van der Waals surface area contributed by atoms with E-state index in [1.807, 2.05) is 4.57 Å². The van der Waals surface area contributed by atoms with Gasteiger partial charge in [0.2, 0.25) is 0 Å². The fourth-order valence-electron chi connectivity index (χ4n) is 2.29. The number of nitrogens with one attached hydrogen (secondary N) is 2. The number of aryl methyl sites for hydroxylation is 1. The highest BCUT2D eigenvalue weighted by molar-refractivity contribution is 6.31. The lowest BCUT2D eigenvalue weighted by Crippen LogP contribution is -2.39. The first-order valence-corrected chi connectivity index (χ1v) is 8.27. The van der Waals surface area contributed by atoms with E-state index in [9.17, 15) is 4.39 Å². The van der Waals surface area contributed by atoms with Crippen molar-refractivity contribution in [3.05, 3.63) is 46.8 Å². The second-order valence-electron chi connectivity index (χ2n) is 5.21. The van der Waals surface area contributed by atoms with Crippen LogP contribution >= 0.6 is 11.6 Å². The van der Waals surface area contributed by atoms with E-state index in [-0.39, 0.29) is 5.82 Å². The zero-order chi connectivity index (χ0) is 17.4. The van der Waals surface area contributed by atoms with Gasteiger partial charge in [-0.25, -0.2) is 4.39 Å². The van der Waals surface area contributed by atoms with Crippen LogP contribution < -0.4 is 10.6 Å². The minimum Gasteiger partial charge on any atom is -0.356 e. The number of hydrogen-bond acceptors (Lipinski definition) is 3. The molecule has 0 radical (unpaired) electrons. The minimum absolute atomic E-state index is 0.324. The smallest absolute Gasteiger partial charge is 0.191 e. The topological polar surface area (TPSA) is 67.1 Å². The molecule has 2 N–H and O–H groups in total. The Kier molecular flexibility index (Phi) is 6.99. The lowest BCUT2D eigenvalue weighted by atomic mass is 10.1. The summed E-state index contributed by atoms with van der Waals surface area (Å²) >= 11 is 6.02. The molecule has 8 heteroatoms. The molecule has 0 atom stereocenters. The number of benzene rings is 1. The second kappa shape index (κ2) is 9.22. The number of nitrogens with zero attached hydrogens (tertiary/aromatic N) is 4. The minimum atomic E-state index is -0.324. The molecule has 1 aromatic heterocycles. The summed E-state index contributed by atoms with van der Waals surface area (Å²) in [7, 11) is 1.72. The molecule has 0 aliphatic carbocycles. The average molecular weight is 353 g/mol. The van der Waals surface area contributed by atoms with Crippen molar-refractivity contribution in [3.8, 4) is 0 Å². The van der Waals surface area contributed by atoms with Gasteiger partial charge in [-0.15, -0.1) is 10.2 Å². The van der Waals surface area contributed by atoms with E-state index in [0.717, 1.165) is 24.4 Å². The van der Waals surface area contributed by atoms with Crippen LogP contribution in [0.2, 0.25) is 5.02 Å². The van der Waals surface area contributed by atoms with E-state index in [1.54, 1.807) is 19.4 Å². The third kappa shape index (κ3) is 5.19. The molecule has 6 nitrogen and oxygen atoms in total. The summed E-state index contributed by atoms with van der Waals surface area (Å²) in [6.45, 7) is 4.18. The summed E-state index contributed by atoms with van der Waals surface area (Å²) < 4.78 is 15.0. The quantitative estimate of drug-likeness (QED) is 0.591. The van der Waals surface area contributed by atoms with Crippen molar-refractivity contribution in [3.63, 3.8) is 0 Å². The highest BCUT2D eigenvalue weighted by Gasteiger charge is 2.04. The van der Waals surface area contributed by atoms with Gasteiger partial charge in [0, 0.05) is 38.1 Å². The van der Waals surface area contributed by atoms with E-state index < -0.39 is 0 Å². The fraction of sp³-hybridized carbons (Fsp3) is 0.438. The fourth-order valence-corrected chi connectivity index (χ4v) is 2.56. The predicted molar refractivity (Wildman–Crippen MR) is 93.9 cm³/mol. The maximum atomic E-state index is 13.0. The summed E-state index contributed by atoms with van der Waals surface area (Å²) in [6, 6.07) is 4.45. The Labute approximate surface area is 146 Å². The molecular weight excluding hydrogens is 331 g/mol. The molecule has 0 aliphatic heterocycles. The van der Waals surface area contributed by atoms with Crippen LogP contribution in [0.15, 0.2) is 29.5 Å². The maximum Gasteiger partial charge on any atom is 0.191 e. The molecule has 0 spiro atoms. The number of rotatable bonds is 7. The second-order valence-corrected chi connectivity index (χ2v) is 5.61. The summed E-state index contributed by atoms with van der Waals surface area (Å²) in [5.41, 5.74) is 0.901. The summed E-state index contributed by atoms with van der Waals surface area (Å²) in [6.07, 6.45) is 3.27. The maximum absolute atomic E-state index is 13.0. The van der Waals surface area contributed by atoms with Gasteiger partial charge in [0.05, 0.1) is 0 Å². The number of hydrogen-bond donors (Lipinski definition) is 2. The summed E-state index contributed by atoms with van der Waals surface area (Å²) in [4.78, 5) is 4.18. The average Bonchev–Trinajstić information content (AvgIpc) is 3.02. The van der Waals surface area contributed by atoms with Crippen molar-refractivity contribution >= 4 is 17.6 Å². The number of halogens is 2. The molecule has 0 aliphatic rings. The Morgan fingerprint density at radius 3 is 2.83 bits per heavy atom. The molecule has 2 aromatic rings.